The molecule has 44 heavy (non-hydrogen) atoms. The van der Waals surface area contributed by atoms with E-state index in [4.69, 9.17) is 23.2 Å². The van der Waals surface area contributed by atoms with Crippen LogP contribution in [0.2, 0.25) is 10.0 Å². The van der Waals surface area contributed by atoms with Gasteiger partial charge in [-0.25, -0.2) is 17.8 Å². The molecule has 226 valence electrons. The third-order valence-electron chi connectivity index (χ3n) is 7.88. The van der Waals surface area contributed by atoms with Gasteiger partial charge in [-0.1, -0.05) is 65.7 Å². The molecule has 0 aliphatic heterocycles. The van der Waals surface area contributed by atoms with Crippen LogP contribution >= 0.6 is 23.2 Å². The van der Waals surface area contributed by atoms with Gasteiger partial charge < -0.3 is 5.32 Å². The van der Waals surface area contributed by atoms with Gasteiger partial charge in [0.1, 0.15) is 16.4 Å². The van der Waals surface area contributed by atoms with E-state index in [-0.39, 0.29) is 27.3 Å². The number of carbonyl (C=O) groups excluding carboxylic acids is 1. The molecule has 1 unspecified atom stereocenters. The Kier molecular flexibility index (Phi) is 7.87. The molecule has 1 amide bonds. The summed E-state index contributed by atoms with van der Waals surface area (Å²) in [5.74, 6) is -0.153. The van der Waals surface area contributed by atoms with E-state index in [0.717, 1.165) is 30.9 Å². The summed E-state index contributed by atoms with van der Waals surface area (Å²) >= 11 is 12.7. The first-order valence-electron chi connectivity index (χ1n) is 13.9. The summed E-state index contributed by atoms with van der Waals surface area (Å²) in [7, 11) is -2.82. The number of hydrogen-bond acceptors (Lipinski definition) is 5. The SMILES string of the molecule is Cc1c(NS(=O)(=O)c2cc(C(=O)Nc3ccnn3C3CCCc4ccccc43)cc(Cl)c2Cl)c(=O)n(-c2ccccc2)n1C. The van der Waals surface area contributed by atoms with Crippen molar-refractivity contribution in [1.82, 2.24) is 19.1 Å². The fraction of sp³-hybridized carbons (Fsp3) is 0.194. The molecule has 6 rings (SSSR count). The predicted molar refractivity (Wildman–Crippen MR) is 171 cm³/mol. The molecule has 13 heteroatoms. The molecule has 1 aliphatic carbocycles. The highest BCUT2D eigenvalue weighted by Gasteiger charge is 2.28. The minimum absolute atomic E-state index is 0.0388. The molecule has 1 atom stereocenters. The Morgan fingerprint density at radius 2 is 1.75 bits per heavy atom. The average Bonchev–Trinajstić information content (AvgIpc) is 3.55. The lowest BCUT2D eigenvalue weighted by Crippen LogP contribution is -2.24. The third-order valence-corrected chi connectivity index (χ3v) is 10.2. The van der Waals surface area contributed by atoms with Gasteiger partial charge in [0.2, 0.25) is 0 Å². The van der Waals surface area contributed by atoms with Crippen molar-refractivity contribution in [2.75, 3.05) is 10.0 Å². The summed E-state index contributed by atoms with van der Waals surface area (Å²) in [4.78, 5) is 26.4. The van der Waals surface area contributed by atoms with Crippen LogP contribution in [-0.4, -0.2) is 33.5 Å². The van der Waals surface area contributed by atoms with E-state index >= 15 is 0 Å². The van der Waals surface area contributed by atoms with Crippen LogP contribution in [0, 0.1) is 6.92 Å². The quantitative estimate of drug-likeness (QED) is 0.225. The normalized spacial score (nSPS) is 14.7. The average molecular weight is 652 g/mol. The van der Waals surface area contributed by atoms with Crippen LogP contribution in [0.4, 0.5) is 11.5 Å². The topological polar surface area (TPSA) is 120 Å². The summed E-state index contributed by atoms with van der Waals surface area (Å²) < 4.78 is 34.3. The van der Waals surface area contributed by atoms with Gasteiger partial charge in [0.05, 0.1) is 33.7 Å². The minimum atomic E-state index is -4.46. The van der Waals surface area contributed by atoms with Crippen LogP contribution in [0.1, 0.15) is 46.1 Å². The largest absolute Gasteiger partial charge is 0.307 e. The number of amides is 1. The number of aryl methyl sites for hydroxylation is 1. The van der Waals surface area contributed by atoms with Crippen LogP contribution in [0.5, 0.6) is 0 Å². The molecular weight excluding hydrogens is 623 g/mol. The summed E-state index contributed by atoms with van der Waals surface area (Å²) in [5.41, 5.74) is 2.55. The predicted octanol–water partition coefficient (Wildman–Crippen LogP) is 5.97. The Balaban J connectivity index is 1.31. The van der Waals surface area contributed by atoms with E-state index in [9.17, 15) is 18.0 Å². The summed E-state index contributed by atoms with van der Waals surface area (Å²) in [6.45, 7) is 1.62. The number of sulfonamides is 1. The number of carbonyl (C=O) groups is 1. The van der Waals surface area contributed by atoms with Gasteiger partial charge in [0.25, 0.3) is 21.5 Å². The molecule has 5 aromatic rings. The van der Waals surface area contributed by atoms with Crippen LogP contribution in [0.15, 0.2) is 88.7 Å². The van der Waals surface area contributed by atoms with Crippen molar-refractivity contribution in [3.8, 4) is 5.69 Å². The number of para-hydroxylation sites is 1. The zero-order valence-corrected chi connectivity index (χ0v) is 26.1. The van der Waals surface area contributed by atoms with E-state index in [0.29, 0.717) is 17.2 Å². The highest BCUT2D eigenvalue weighted by molar-refractivity contribution is 7.92. The van der Waals surface area contributed by atoms with Gasteiger partial charge in [0.15, 0.2) is 0 Å². The molecule has 10 nitrogen and oxygen atoms in total. The maximum Gasteiger partial charge on any atom is 0.296 e. The minimum Gasteiger partial charge on any atom is -0.307 e. The molecule has 2 heterocycles. The van der Waals surface area contributed by atoms with Crippen LogP contribution < -0.4 is 15.6 Å². The first-order valence-corrected chi connectivity index (χ1v) is 16.1. The summed E-state index contributed by atoms with van der Waals surface area (Å²) in [6, 6.07) is 21.0. The Morgan fingerprint density at radius 1 is 1.02 bits per heavy atom. The number of fused-ring (bicyclic) bond motifs is 1. The van der Waals surface area contributed by atoms with Crippen molar-refractivity contribution in [3.05, 3.63) is 122 Å². The van der Waals surface area contributed by atoms with E-state index in [2.05, 4.69) is 27.3 Å². The number of nitrogens with one attached hydrogen (secondary N) is 2. The monoisotopic (exact) mass is 650 g/mol. The van der Waals surface area contributed by atoms with Crippen molar-refractivity contribution in [2.24, 2.45) is 7.05 Å². The van der Waals surface area contributed by atoms with E-state index in [1.807, 2.05) is 18.2 Å². The third kappa shape index (κ3) is 5.31. The Bertz CT molecular complexity index is 2070. The molecule has 0 saturated heterocycles. The van der Waals surface area contributed by atoms with E-state index in [1.165, 1.54) is 16.3 Å². The summed E-state index contributed by atoms with van der Waals surface area (Å²) in [6.07, 6.45) is 4.42. The second kappa shape index (κ2) is 11.6. The van der Waals surface area contributed by atoms with Gasteiger partial charge >= 0.3 is 0 Å². The number of anilines is 2. The molecule has 0 spiro atoms. The van der Waals surface area contributed by atoms with Gasteiger partial charge in [-0.15, -0.1) is 0 Å². The Labute approximate surface area is 263 Å². The Morgan fingerprint density at radius 3 is 2.52 bits per heavy atom. The highest BCUT2D eigenvalue weighted by Crippen LogP contribution is 2.35. The molecule has 0 bridgehead atoms. The van der Waals surface area contributed by atoms with E-state index in [1.54, 1.807) is 59.9 Å². The molecule has 1 aliphatic rings. The number of rotatable bonds is 7. The number of halogens is 2. The van der Waals surface area contributed by atoms with E-state index < -0.39 is 26.4 Å². The maximum atomic E-state index is 13.6. The van der Waals surface area contributed by atoms with Crippen molar-refractivity contribution in [1.29, 1.82) is 0 Å². The Hall–Kier alpha value is -4.32. The molecule has 0 fully saturated rings. The zero-order chi connectivity index (χ0) is 31.2. The lowest BCUT2D eigenvalue weighted by Gasteiger charge is -2.27. The fourth-order valence-corrected chi connectivity index (χ4v) is 7.53. The van der Waals surface area contributed by atoms with Gasteiger partial charge in [-0.05, 0) is 61.6 Å². The number of benzene rings is 3. The standard InChI is InChI=1S/C31H28Cl2N6O4S/c1-19-29(31(41)39(37(19)2)22-11-4-3-5-12-22)36-44(42,43)26-18-21(17-24(32)28(26)33)30(40)35-27-15-16-34-38(27)25-14-8-10-20-9-6-7-13-23(20)25/h3-7,9,11-13,15-18,25,36H,8,10,14H2,1-2H3,(H,35,40). The second-order valence-corrected chi connectivity index (χ2v) is 13.0. The van der Waals surface area contributed by atoms with Gasteiger partial charge in [-0.3, -0.25) is 19.0 Å². The van der Waals surface area contributed by atoms with Crippen molar-refractivity contribution < 1.29 is 13.2 Å². The van der Waals surface area contributed by atoms with Crippen LogP contribution in [0.25, 0.3) is 5.69 Å². The van der Waals surface area contributed by atoms with Crippen molar-refractivity contribution in [3.63, 3.8) is 0 Å². The number of hydrogen-bond donors (Lipinski definition) is 2. The first-order chi connectivity index (χ1) is 21.1. The van der Waals surface area contributed by atoms with Crippen LogP contribution in [0.3, 0.4) is 0 Å². The van der Waals surface area contributed by atoms with Gasteiger partial charge in [-0.2, -0.15) is 5.10 Å². The van der Waals surface area contributed by atoms with Gasteiger partial charge in [0, 0.05) is 18.7 Å². The number of aromatic nitrogens is 4. The highest BCUT2D eigenvalue weighted by atomic mass is 35.5. The van der Waals surface area contributed by atoms with Crippen molar-refractivity contribution in [2.45, 2.75) is 37.1 Å². The zero-order valence-electron chi connectivity index (χ0n) is 23.8. The molecule has 3 aromatic carbocycles. The molecule has 2 aromatic heterocycles. The maximum absolute atomic E-state index is 13.6. The lowest BCUT2D eigenvalue weighted by molar-refractivity contribution is 0.102. The molecular formula is C31H28Cl2N6O4S. The van der Waals surface area contributed by atoms with Crippen molar-refractivity contribution >= 4 is 50.6 Å². The molecule has 0 radical (unpaired) electrons. The number of nitrogens with zero attached hydrogens (tertiary/aromatic N) is 4. The first kappa shape index (κ1) is 29.7. The lowest BCUT2D eigenvalue weighted by atomic mass is 9.88. The molecule has 2 N–H and O–H groups in total. The fourth-order valence-electron chi connectivity index (χ4n) is 5.60. The molecule has 0 saturated carbocycles. The smallest absolute Gasteiger partial charge is 0.296 e. The van der Waals surface area contributed by atoms with Crippen LogP contribution in [-0.2, 0) is 23.5 Å². The second-order valence-electron chi connectivity index (χ2n) is 10.5. The summed E-state index contributed by atoms with van der Waals surface area (Å²) in [5, 5.41) is 6.91.